The van der Waals surface area contributed by atoms with Crippen molar-refractivity contribution < 1.29 is 9.53 Å². The van der Waals surface area contributed by atoms with Crippen LogP contribution in [0.15, 0.2) is 36.4 Å². The van der Waals surface area contributed by atoms with Crippen LogP contribution in [0, 0.1) is 17.3 Å². The molecule has 2 aliphatic carbocycles. The minimum Gasteiger partial charge on any atom is -0.494 e. The zero-order chi connectivity index (χ0) is 14.2. The van der Waals surface area contributed by atoms with Crippen LogP contribution in [0.2, 0.25) is 0 Å². The molecular weight excluding hydrogens is 250 g/mol. The zero-order valence-corrected chi connectivity index (χ0v) is 12.1. The number of benzene rings is 1. The second kappa shape index (κ2) is 4.97. The van der Waals surface area contributed by atoms with Gasteiger partial charge in [0.25, 0.3) is 0 Å². The highest BCUT2D eigenvalue weighted by Crippen LogP contribution is 2.52. The largest absolute Gasteiger partial charge is 0.494 e. The molecule has 2 aliphatic rings. The fourth-order valence-electron chi connectivity index (χ4n) is 3.43. The summed E-state index contributed by atoms with van der Waals surface area (Å²) >= 11 is 0. The van der Waals surface area contributed by atoms with Crippen molar-refractivity contribution in [3.8, 4) is 5.75 Å². The van der Waals surface area contributed by atoms with E-state index in [1.165, 1.54) is 0 Å². The van der Waals surface area contributed by atoms with E-state index in [4.69, 9.17) is 4.74 Å². The van der Waals surface area contributed by atoms with E-state index in [-0.39, 0.29) is 11.3 Å². The molecule has 0 radical (unpaired) electrons. The highest BCUT2D eigenvalue weighted by Gasteiger charge is 2.49. The topological polar surface area (TPSA) is 38.3 Å². The highest BCUT2D eigenvalue weighted by molar-refractivity contribution is 5.96. The Morgan fingerprint density at radius 1 is 1.35 bits per heavy atom. The van der Waals surface area contributed by atoms with Crippen molar-refractivity contribution in [2.24, 2.45) is 17.3 Å². The lowest BCUT2D eigenvalue weighted by molar-refractivity contribution is -0.126. The van der Waals surface area contributed by atoms with Gasteiger partial charge < -0.3 is 10.1 Å². The van der Waals surface area contributed by atoms with Crippen LogP contribution in [-0.4, -0.2) is 12.5 Å². The Labute approximate surface area is 120 Å². The number of allylic oxidation sites excluding steroid dienone is 2. The standard InChI is InChI=1S/C17H21NO2/c1-3-20-15-8-6-14(7-9-15)18-16(19)17(2)11-12-4-5-13(17)10-12/h4-9,12-13H,3,10-11H2,1-2H3,(H,18,19). The third-order valence-corrected chi connectivity index (χ3v) is 4.62. The minimum absolute atomic E-state index is 0.138. The molecule has 0 aromatic heterocycles. The number of hydrogen-bond acceptors (Lipinski definition) is 2. The maximum Gasteiger partial charge on any atom is 0.230 e. The molecule has 0 saturated heterocycles. The molecule has 106 valence electrons. The van der Waals surface area contributed by atoms with Crippen LogP contribution >= 0.6 is 0 Å². The first kappa shape index (κ1) is 13.2. The van der Waals surface area contributed by atoms with Gasteiger partial charge in [-0.3, -0.25) is 4.79 Å². The fourth-order valence-corrected chi connectivity index (χ4v) is 3.43. The average molecular weight is 271 g/mol. The summed E-state index contributed by atoms with van der Waals surface area (Å²) in [5.74, 6) is 1.96. The second-order valence-electron chi connectivity index (χ2n) is 6.02. The predicted octanol–water partition coefficient (Wildman–Crippen LogP) is 3.63. The minimum atomic E-state index is -0.252. The van der Waals surface area contributed by atoms with Gasteiger partial charge in [0.2, 0.25) is 5.91 Å². The molecule has 1 aromatic rings. The molecule has 1 N–H and O–H groups in total. The van der Waals surface area contributed by atoms with Crippen LogP contribution in [0.4, 0.5) is 5.69 Å². The van der Waals surface area contributed by atoms with E-state index in [0.717, 1.165) is 24.3 Å². The third-order valence-electron chi connectivity index (χ3n) is 4.62. The smallest absolute Gasteiger partial charge is 0.230 e. The van der Waals surface area contributed by atoms with Crippen LogP contribution < -0.4 is 10.1 Å². The van der Waals surface area contributed by atoms with Crippen LogP contribution in [0.5, 0.6) is 5.75 Å². The lowest BCUT2D eigenvalue weighted by atomic mass is 9.77. The summed E-state index contributed by atoms with van der Waals surface area (Å²) in [7, 11) is 0. The van der Waals surface area contributed by atoms with Gasteiger partial charge in [0, 0.05) is 5.69 Å². The summed E-state index contributed by atoms with van der Waals surface area (Å²) in [5.41, 5.74) is 0.587. The SMILES string of the molecule is CCOc1ccc(NC(=O)C2(C)CC3C=CC2C3)cc1. The number of fused-ring (bicyclic) bond motifs is 2. The molecule has 3 nitrogen and oxygen atoms in total. The Hall–Kier alpha value is -1.77. The molecule has 3 unspecified atom stereocenters. The van der Waals surface area contributed by atoms with Gasteiger partial charge in [-0.2, -0.15) is 0 Å². The summed E-state index contributed by atoms with van der Waals surface area (Å²) in [5, 5.41) is 3.05. The van der Waals surface area contributed by atoms with Crippen molar-refractivity contribution in [2.75, 3.05) is 11.9 Å². The van der Waals surface area contributed by atoms with Gasteiger partial charge in [0.15, 0.2) is 0 Å². The molecule has 1 fully saturated rings. The number of amides is 1. The number of ether oxygens (including phenoxy) is 1. The molecule has 3 rings (SSSR count). The van der Waals surface area contributed by atoms with Crippen molar-refractivity contribution in [3.63, 3.8) is 0 Å². The lowest BCUT2D eigenvalue weighted by Gasteiger charge is -2.29. The van der Waals surface area contributed by atoms with Crippen LogP contribution in [0.3, 0.4) is 0 Å². The van der Waals surface area contributed by atoms with Crippen molar-refractivity contribution >= 4 is 11.6 Å². The molecule has 0 heterocycles. The zero-order valence-electron chi connectivity index (χ0n) is 12.1. The summed E-state index contributed by atoms with van der Waals surface area (Å²) < 4.78 is 5.40. The molecule has 0 spiro atoms. The van der Waals surface area contributed by atoms with Crippen molar-refractivity contribution in [1.82, 2.24) is 0 Å². The summed E-state index contributed by atoms with van der Waals surface area (Å²) in [4.78, 5) is 12.6. The normalized spacial score (nSPS) is 30.5. The number of hydrogen-bond donors (Lipinski definition) is 1. The Bertz CT molecular complexity index is 534. The van der Waals surface area contributed by atoms with E-state index >= 15 is 0 Å². The van der Waals surface area contributed by atoms with Crippen LogP contribution in [0.1, 0.15) is 26.7 Å². The molecule has 1 amide bonds. The number of anilines is 1. The van der Waals surface area contributed by atoms with Gasteiger partial charge in [-0.1, -0.05) is 19.1 Å². The van der Waals surface area contributed by atoms with Crippen LogP contribution in [0.25, 0.3) is 0 Å². The first-order valence-electron chi connectivity index (χ1n) is 7.34. The Kier molecular flexibility index (Phi) is 3.28. The average Bonchev–Trinajstić information content (AvgIpc) is 3.02. The molecule has 0 aliphatic heterocycles. The first-order valence-corrected chi connectivity index (χ1v) is 7.34. The highest BCUT2D eigenvalue weighted by atomic mass is 16.5. The molecule has 2 bridgehead atoms. The Morgan fingerprint density at radius 3 is 2.65 bits per heavy atom. The van der Waals surface area contributed by atoms with Gasteiger partial charge in [-0.05, 0) is 55.9 Å². The van der Waals surface area contributed by atoms with Gasteiger partial charge in [-0.15, -0.1) is 0 Å². The van der Waals surface area contributed by atoms with E-state index in [9.17, 15) is 4.79 Å². The van der Waals surface area contributed by atoms with Crippen LogP contribution in [-0.2, 0) is 4.79 Å². The molecular formula is C17H21NO2. The fraction of sp³-hybridized carbons (Fsp3) is 0.471. The van der Waals surface area contributed by atoms with E-state index in [2.05, 4.69) is 24.4 Å². The lowest BCUT2D eigenvalue weighted by Crippen LogP contribution is -2.36. The number of nitrogens with one attached hydrogen (secondary N) is 1. The molecule has 20 heavy (non-hydrogen) atoms. The summed E-state index contributed by atoms with van der Waals surface area (Å²) in [6.45, 7) is 4.70. The van der Waals surface area contributed by atoms with Gasteiger partial charge >= 0.3 is 0 Å². The van der Waals surface area contributed by atoms with Gasteiger partial charge in [0.05, 0.1) is 12.0 Å². The summed E-state index contributed by atoms with van der Waals surface area (Å²) in [6.07, 6.45) is 6.58. The second-order valence-corrected chi connectivity index (χ2v) is 6.02. The maximum absolute atomic E-state index is 12.6. The maximum atomic E-state index is 12.6. The molecule has 1 aromatic carbocycles. The number of carbonyl (C=O) groups excluding carboxylic acids is 1. The first-order chi connectivity index (χ1) is 9.61. The molecule has 1 saturated carbocycles. The Morgan fingerprint density at radius 2 is 2.10 bits per heavy atom. The predicted molar refractivity (Wildman–Crippen MR) is 79.7 cm³/mol. The summed E-state index contributed by atoms with van der Waals surface area (Å²) in [6, 6.07) is 7.58. The Balaban J connectivity index is 1.68. The van der Waals surface area contributed by atoms with E-state index in [1.54, 1.807) is 0 Å². The monoisotopic (exact) mass is 271 g/mol. The van der Waals surface area contributed by atoms with Crippen molar-refractivity contribution in [2.45, 2.75) is 26.7 Å². The third kappa shape index (κ3) is 2.21. The molecule has 3 heteroatoms. The quantitative estimate of drug-likeness (QED) is 0.849. The van der Waals surface area contributed by atoms with Crippen molar-refractivity contribution in [1.29, 1.82) is 0 Å². The van der Waals surface area contributed by atoms with E-state index in [0.29, 0.717) is 18.4 Å². The number of rotatable bonds is 4. The van der Waals surface area contributed by atoms with Gasteiger partial charge in [-0.25, -0.2) is 0 Å². The molecule has 3 atom stereocenters. The van der Waals surface area contributed by atoms with Crippen molar-refractivity contribution in [3.05, 3.63) is 36.4 Å². The van der Waals surface area contributed by atoms with E-state index < -0.39 is 0 Å². The van der Waals surface area contributed by atoms with E-state index in [1.807, 2.05) is 31.2 Å². The van der Waals surface area contributed by atoms with Gasteiger partial charge in [0.1, 0.15) is 5.75 Å². The number of carbonyl (C=O) groups is 1.